The monoisotopic (exact) mass is 264 g/mol. The fraction of sp³-hybridized carbons (Fsp3) is 0.300. The Morgan fingerprint density at radius 1 is 1.35 bits per heavy atom. The molecule has 1 aromatic carbocycles. The molecule has 1 aromatic heterocycles. The highest BCUT2D eigenvalue weighted by molar-refractivity contribution is 6.31. The quantitative estimate of drug-likeness (QED) is 0.860. The van der Waals surface area contributed by atoms with E-state index in [4.69, 9.17) is 21.8 Å². The summed E-state index contributed by atoms with van der Waals surface area (Å²) >= 11 is 5.70. The van der Waals surface area contributed by atoms with Crippen LogP contribution in [0.4, 0.5) is 13.2 Å². The summed E-state index contributed by atoms with van der Waals surface area (Å²) in [6, 6.07) is 4.36. The number of nitrogens with zero attached hydrogens (tertiary/aromatic N) is 1. The highest BCUT2D eigenvalue weighted by Crippen LogP contribution is 2.37. The molecule has 0 aliphatic rings. The number of hydrogen-bond donors (Lipinski definition) is 1. The standard InChI is InChI=1S/C10H8ClF3N2O/c1-9(15,10(12,13)14)8-16-6-4-5(11)2-3-7(6)17-8/h2-4H,15H2,1H3. The summed E-state index contributed by atoms with van der Waals surface area (Å²) in [5, 5.41) is 0.364. The number of fused-ring (bicyclic) bond motifs is 1. The van der Waals surface area contributed by atoms with Gasteiger partial charge in [0.15, 0.2) is 11.1 Å². The molecule has 1 atom stereocenters. The highest BCUT2D eigenvalue weighted by atomic mass is 35.5. The maximum atomic E-state index is 12.7. The third-order valence-corrected chi connectivity index (χ3v) is 2.62. The number of alkyl halides is 3. The van der Waals surface area contributed by atoms with E-state index in [9.17, 15) is 13.2 Å². The van der Waals surface area contributed by atoms with E-state index in [1.54, 1.807) is 0 Å². The van der Waals surface area contributed by atoms with Crippen LogP contribution in [0.25, 0.3) is 11.1 Å². The molecule has 2 rings (SSSR count). The minimum Gasteiger partial charge on any atom is -0.438 e. The minimum absolute atomic E-state index is 0.213. The molecule has 0 saturated carbocycles. The lowest BCUT2D eigenvalue weighted by Gasteiger charge is -2.23. The average molecular weight is 265 g/mol. The molecule has 2 N–H and O–H groups in total. The fourth-order valence-corrected chi connectivity index (χ4v) is 1.41. The van der Waals surface area contributed by atoms with Crippen LogP contribution in [0.15, 0.2) is 22.6 Å². The van der Waals surface area contributed by atoms with Gasteiger partial charge in [-0.2, -0.15) is 13.2 Å². The van der Waals surface area contributed by atoms with Crippen LogP contribution >= 0.6 is 11.6 Å². The lowest BCUT2D eigenvalue weighted by atomic mass is 10.0. The van der Waals surface area contributed by atoms with Gasteiger partial charge >= 0.3 is 6.18 Å². The van der Waals surface area contributed by atoms with E-state index in [0.717, 1.165) is 6.92 Å². The maximum Gasteiger partial charge on any atom is 0.415 e. The van der Waals surface area contributed by atoms with Gasteiger partial charge < -0.3 is 10.2 Å². The summed E-state index contributed by atoms with van der Waals surface area (Å²) in [5.74, 6) is -0.581. The lowest BCUT2D eigenvalue weighted by molar-refractivity contribution is -0.189. The van der Waals surface area contributed by atoms with Crippen molar-refractivity contribution in [2.45, 2.75) is 18.6 Å². The summed E-state index contributed by atoms with van der Waals surface area (Å²) in [7, 11) is 0. The SMILES string of the molecule is CC(N)(c1nc2cc(Cl)ccc2o1)C(F)(F)F. The van der Waals surface area contributed by atoms with Crippen molar-refractivity contribution in [1.29, 1.82) is 0 Å². The van der Waals surface area contributed by atoms with Crippen molar-refractivity contribution >= 4 is 22.7 Å². The van der Waals surface area contributed by atoms with Crippen molar-refractivity contribution in [3.8, 4) is 0 Å². The molecule has 1 unspecified atom stereocenters. The van der Waals surface area contributed by atoms with Crippen LogP contribution in [0.3, 0.4) is 0 Å². The summed E-state index contributed by atoms with van der Waals surface area (Å²) in [5.41, 5.74) is 3.03. The Hall–Kier alpha value is -1.27. The molecule has 0 spiro atoms. The Kier molecular flexibility index (Phi) is 2.59. The first-order valence-corrected chi connectivity index (χ1v) is 5.02. The second kappa shape index (κ2) is 3.61. The normalized spacial score (nSPS) is 16.1. The van der Waals surface area contributed by atoms with Crippen molar-refractivity contribution in [2.75, 3.05) is 0 Å². The molecule has 0 aliphatic carbocycles. The van der Waals surface area contributed by atoms with Gasteiger partial charge in [0.25, 0.3) is 0 Å². The smallest absolute Gasteiger partial charge is 0.415 e. The van der Waals surface area contributed by atoms with Crippen LogP contribution in [0.2, 0.25) is 5.02 Å². The molecule has 0 aliphatic heterocycles. The zero-order valence-corrected chi connectivity index (χ0v) is 9.43. The van der Waals surface area contributed by atoms with Gasteiger partial charge in [0.2, 0.25) is 5.89 Å². The molecule has 92 valence electrons. The third-order valence-electron chi connectivity index (χ3n) is 2.38. The number of oxazole rings is 1. The summed E-state index contributed by atoms with van der Waals surface area (Å²) in [6.07, 6.45) is -4.64. The molecule has 17 heavy (non-hydrogen) atoms. The van der Waals surface area contributed by atoms with Crippen LogP contribution in [0.1, 0.15) is 12.8 Å². The number of benzene rings is 1. The Morgan fingerprint density at radius 3 is 2.59 bits per heavy atom. The Morgan fingerprint density at radius 2 is 2.00 bits per heavy atom. The number of hydrogen-bond acceptors (Lipinski definition) is 3. The average Bonchev–Trinajstić information content (AvgIpc) is 2.58. The van der Waals surface area contributed by atoms with Gasteiger partial charge in [-0.1, -0.05) is 11.6 Å². The topological polar surface area (TPSA) is 52.0 Å². The number of nitrogens with two attached hydrogens (primary N) is 1. The predicted octanol–water partition coefficient (Wildman–Crippen LogP) is 3.22. The van der Waals surface area contributed by atoms with E-state index in [1.165, 1.54) is 18.2 Å². The highest BCUT2D eigenvalue weighted by Gasteiger charge is 2.53. The molecule has 3 nitrogen and oxygen atoms in total. The summed E-state index contributed by atoms with van der Waals surface area (Å²) in [6.45, 7) is 0.805. The van der Waals surface area contributed by atoms with Gasteiger partial charge in [-0.25, -0.2) is 4.98 Å². The van der Waals surface area contributed by atoms with Crippen LogP contribution in [0.5, 0.6) is 0 Å². The largest absolute Gasteiger partial charge is 0.438 e. The molecular formula is C10H8ClF3N2O. The third kappa shape index (κ3) is 1.98. The van der Waals surface area contributed by atoms with Crippen molar-refractivity contribution in [3.63, 3.8) is 0 Å². The van der Waals surface area contributed by atoms with E-state index in [2.05, 4.69) is 4.98 Å². The van der Waals surface area contributed by atoms with Crippen molar-refractivity contribution in [2.24, 2.45) is 5.73 Å². The van der Waals surface area contributed by atoms with Crippen molar-refractivity contribution in [3.05, 3.63) is 29.1 Å². The van der Waals surface area contributed by atoms with Gasteiger partial charge in [-0.15, -0.1) is 0 Å². The van der Waals surface area contributed by atoms with Crippen molar-refractivity contribution < 1.29 is 17.6 Å². The van der Waals surface area contributed by atoms with E-state index >= 15 is 0 Å². The Bertz CT molecular complexity index is 562. The Labute approximate surface area is 99.4 Å². The zero-order valence-electron chi connectivity index (χ0n) is 8.68. The van der Waals surface area contributed by atoms with Crippen LogP contribution < -0.4 is 5.73 Å². The fourth-order valence-electron chi connectivity index (χ4n) is 1.24. The van der Waals surface area contributed by atoms with Gasteiger partial charge in [-0.05, 0) is 25.1 Å². The molecule has 0 amide bonds. The predicted molar refractivity (Wildman–Crippen MR) is 56.6 cm³/mol. The molecule has 0 bridgehead atoms. The molecule has 0 fully saturated rings. The van der Waals surface area contributed by atoms with Gasteiger partial charge in [0.05, 0.1) is 0 Å². The number of aromatic nitrogens is 1. The van der Waals surface area contributed by atoms with Crippen LogP contribution in [0, 0.1) is 0 Å². The van der Waals surface area contributed by atoms with Crippen LogP contribution in [-0.4, -0.2) is 11.2 Å². The second-order valence-electron chi connectivity index (χ2n) is 3.83. The van der Waals surface area contributed by atoms with Gasteiger partial charge in [0, 0.05) is 5.02 Å². The lowest BCUT2D eigenvalue weighted by Crippen LogP contribution is -2.47. The van der Waals surface area contributed by atoms with Crippen molar-refractivity contribution in [1.82, 2.24) is 4.98 Å². The number of halogens is 4. The summed E-state index contributed by atoms with van der Waals surface area (Å²) in [4.78, 5) is 3.72. The molecule has 7 heteroatoms. The summed E-state index contributed by atoms with van der Waals surface area (Å²) < 4.78 is 43.0. The molecule has 0 radical (unpaired) electrons. The van der Waals surface area contributed by atoms with Crippen LogP contribution in [-0.2, 0) is 5.54 Å². The molecule has 1 heterocycles. The maximum absolute atomic E-state index is 12.7. The molecule has 0 saturated heterocycles. The minimum atomic E-state index is -4.64. The van der Waals surface area contributed by atoms with Gasteiger partial charge in [-0.3, -0.25) is 0 Å². The Balaban J connectivity index is 2.57. The number of rotatable bonds is 1. The first-order valence-electron chi connectivity index (χ1n) is 4.64. The van der Waals surface area contributed by atoms with E-state index in [1.807, 2.05) is 0 Å². The second-order valence-corrected chi connectivity index (χ2v) is 4.27. The van der Waals surface area contributed by atoms with Gasteiger partial charge in [0.1, 0.15) is 5.52 Å². The van der Waals surface area contributed by atoms with E-state index < -0.39 is 17.6 Å². The first kappa shape index (κ1) is 12.2. The van der Waals surface area contributed by atoms with E-state index in [0.29, 0.717) is 5.02 Å². The first-order chi connectivity index (χ1) is 7.72. The van der Waals surface area contributed by atoms with E-state index in [-0.39, 0.29) is 11.1 Å². The zero-order chi connectivity index (χ0) is 12.8. The molecular weight excluding hydrogens is 257 g/mol. The molecule has 2 aromatic rings.